The molecular formula is C16H19BrClN3O3S. The Labute approximate surface area is 160 Å². The van der Waals surface area contributed by atoms with E-state index in [-0.39, 0.29) is 15.7 Å². The van der Waals surface area contributed by atoms with E-state index in [0.717, 1.165) is 12.4 Å². The van der Waals surface area contributed by atoms with Gasteiger partial charge in [0.1, 0.15) is 10.7 Å². The maximum absolute atomic E-state index is 12.6. The number of aromatic hydroxyl groups is 1. The van der Waals surface area contributed by atoms with Gasteiger partial charge in [0.05, 0.1) is 5.02 Å². The lowest BCUT2D eigenvalue weighted by Gasteiger charge is -2.11. The second-order valence-electron chi connectivity index (χ2n) is 6.32. The lowest BCUT2D eigenvalue weighted by molar-refractivity contribution is 0.451. The molecule has 25 heavy (non-hydrogen) atoms. The van der Waals surface area contributed by atoms with Crippen molar-refractivity contribution >= 4 is 43.4 Å². The summed E-state index contributed by atoms with van der Waals surface area (Å²) in [6.45, 7) is 2.69. The number of rotatable bonds is 5. The Morgan fingerprint density at radius 3 is 2.76 bits per heavy atom. The van der Waals surface area contributed by atoms with E-state index in [1.807, 2.05) is 11.5 Å². The minimum Gasteiger partial charge on any atom is -0.505 e. The van der Waals surface area contributed by atoms with Crippen LogP contribution in [0.5, 0.6) is 5.75 Å². The Bertz CT molecular complexity index is 892. The number of hydrogen-bond donors (Lipinski definition) is 2. The van der Waals surface area contributed by atoms with Crippen LogP contribution in [-0.2, 0) is 16.6 Å². The van der Waals surface area contributed by atoms with E-state index in [4.69, 9.17) is 11.6 Å². The summed E-state index contributed by atoms with van der Waals surface area (Å²) >= 11 is 9.04. The first kappa shape index (κ1) is 18.5. The minimum absolute atomic E-state index is 0.0438. The number of nitrogens with zero attached hydrogens (tertiary/aromatic N) is 2. The number of phenols is 1. The Balaban J connectivity index is 1.84. The van der Waals surface area contributed by atoms with Crippen LogP contribution in [-0.4, -0.2) is 23.1 Å². The number of halogens is 2. The molecule has 0 radical (unpaired) electrons. The number of anilines is 1. The second kappa shape index (κ2) is 7.17. The van der Waals surface area contributed by atoms with Crippen LogP contribution in [0.1, 0.15) is 31.5 Å². The van der Waals surface area contributed by atoms with Crippen LogP contribution in [0, 0.1) is 12.8 Å². The molecule has 1 aliphatic rings. The quantitative estimate of drug-likeness (QED) is 0.714. The van der Waals surface area contributed by atoms with E-state index in [1.165, 1.54) is 37.8 Å². The first-order valence-corrected chi connectivity index (χ1v) is 10.7. The predicted molar refractivity (Wildman–Crippen MR) is 101 cm³/mol. The van der Waals surface area contributed by atoms with Gasteiger partial charge in [-0.25, -0.2) is 13.4 Å². The molecule has 3 rings (SSSR count). The zero-order valence-corrected chi connectivity index (χ0v) is 16.8. The fourth-order valence-electron chi connectivity index (χ4n) is 3.15. The summed E-state index contributed by atoms with van der Waals surface area (Å²) in [4.78, 5) is 3.99. The summed E-state index contributed by atoms with van der Waals surface area (Å²) in [5.74, 6) is 1.11. The summed E-state index contributed by atoms with van der Waals surface area (Å²) < 4.78 is 30.0. The van der Waals surface area contributed by atoms with E-state index in [0.29, 0.717) is 10.4 Å². The van der Waals surface area contributed by atoms with Crippen LogP contribution < -0.4 is 4.72 Å². The van der Waals surface area contributed by atoms with Crippen LogP contribution in [0.25, 0.3) is 0 Å². The third-order valence-corrected chi connectivity index (χ3v) is 6.54. The van der Waals surface area contributed by atoms with E-state index in [2.05, 4.69) is 25.6 Å². The normalized spacial score (nSPS) is 15.6. The van der Waals surface area contributed by atoms with Gasteiger partial charge in [-0.1, -0.05) is 40.4 Å². The second-order valence-corrected chi connectivity index (χ2v) is 9.29. The topological polar surface area (TPSA) is 84.2 Å². The largest absolute Gasteiger partial charge is 0.505 e. The van der Waals surface area contributed by atoms with E-state index in [1.54, 1.807) is 6.20 Å². The Morgan fingerprint density at radius 2 is 2.08 bits per heavy atom. The molecule has 9 heteroatoms. The van der Waals surface area contributed by atoms with Gasteiger partial charge in [0.2, 0.25) is 0 Å². The first-order valence-electron chi connectivity index (χ1n) is 8.01. The van der Waals surface area contributed by atoms with E-state index >= 15 is 0 Å². The van der Waals surface area contributed by atoms with Crippen molar-refractivity contribution in [2.45, 2.75) is 44.0 Å². The molecule has 0 saturated heterocycles. The molecule has 0 atom stereocenters. The molecule has 0 unspecified atom stereocenters. The molecule has 1 saturated carbocycles. The average molecular weight is 449 g/mol. The molecule has 0 amide bonds. The molecule has 0 bridgehead atoms. The molecule has 0 spiro atoms. The lowest BCUT2D eigenvalue weighted by Crippen LogP contribution is -2.13. The van der Waals surface area contributed by atoms with Crippen molar-refractivity contribution in [1.82, 2.24) is 9.55 Å². The number of sulfonamides is 1. The highest BCUT2D eigenvalue weighted by Gasteiger charge is 2.23. The van der Waals surface area contributed by atoms with E-state index in [9.17, 15) is 13.5 Å². The first-order chi connectivity index (χ1) is 11.8. The van der Waals surface area contributed by atoms with Crippen LogP contribution >= 0.6 is 27.5 Å². The number of aryl methyl sites for hydroxylation is 1. The average Bonchev–Trinajstić information content (AvgIpc) is 3.13. The summed E-state index contributed by atoms with van der Waals surface area (Å²) in [5.41, 5.74) is 0. The van der Waals surface area contributed by atoms with Gasteiger partial charge in [-0.2, -0.15) is 0 Å². The van der Waals surface area contributed by atoms with Gasteiger partial charge in [-0.05, 0) is 37.8 Å². The smallest absolute Gasteiger partial charge is 0.266 e. The number of phenolic OH excluding ortho intramolecular Hbond substituents is 1. The number of aromatic nitrogens is 2. The Morgan fingerprint density at radius 1 is 1.40 bits per heavy atom. The van der Waals surface area contributed by atoms with Gasteiger partial charge >= 0.3 is 0 Å². The SMILES string of the molecule is Cc1nc(NS(=O)(=O)c2cc(Br)cc(Cl)c2O)cn1CC1CCCC1. The van der Waals surface area contributed by atoms with Crippen LogP contribution in [0.15, 0.2) is 27.7 Å². The molecule has 2 N–H and O–H groups in total. The highest BCUT2D eigenvalue weighted by Crippen LogP contribution is 2.35. The molecule has 1 aromatic heterocycles. The molecular weight excluding hydrogens is 430 g/mol. The number of imidazole rings is 1. The third-order valence-electron chi connectivity index (χ3n) is 4.43. The van der Waals surface area contributed by atoms with Crippen molar-refractivity contribution < 1.29 is 13.5 Å². The lowest BCUT2D eigenvalue weighted by atomic mass is 10.1. The van der Waals surface area contributed by atoms with Crippen LogP contribution in [0.4, 0.5) is 5.82 Å². The fraction of sp³-hybridized carbons (Fsp3) is 0.438. The zero-order valence-electron chi connectivity index (χ0n) is 13.7. The minimum atomic E-state index is -4.01. The van der Waals surface area contributed by atoms with Gasteiger partial charge < -0.3 is 9.67 Å². The maximum atomic E-state index is 12.6. The molecule has 6 nitrogen and oxygen atoms in total. The molecule has 136 valence electrons. The predicted octanol–water partition coefficient (Wildman–Crippen LogP) is 4.30. The van der Waals surface area contributed by atoms with Gasteiger partial charge in [0.15, 0.2) is 11.6 Å². The molecule has 0 aliphatic heterocycles. The van der Waals surface area contributed by atoms with Crippen molar-refractivity contribution in [3.63, 3.8) is 0 Å². The van der Waals surface area contributed by atoms with Gasteiger partial charge in [-0.15, -0.1) is 0 Å². The zero-order chi connectivity index (χ0) is 18.2. The summed E-state index contributed by atoms with van der Waals surface area (Å²) in [7, 11) is -4.01. The van der Waals surface area contributed by atoms with Crippen molar-refractivity contribution in [2.24, 2.45) is 5.92 Å². The van der Waals surface area contributed by atoms with Crippen molar-refractivity contribution in [2.75, 3.05) is 4.72 Å². The summed E-state index contributed by atoms with van der Waals surface area (Å²) in [6, 6.07) is 2.72. The van der Waals surface area contributed by atoms with Gasteiger partial charge in [-0.3, -0.25) is 4.72 Å². The van der Waals surface area contributed by atoms with Crippen molar-refractivity contribution in [3.05, 3.63) is 33.6 Å². The van der Waals surface area contributed by atoms with Crippen LogP contribution in [0.2, 0.25) is 5.02 Å². The van der Waals surface area contributed by atoms with Crippen molar-refractivity contribution in [1.29, 1.82) is 0 Å². The fourth-order valence-corrected chi connectivity index (χ4v) is 5.30. The highest BCUT2D eigenvalue weighted by atomic mass is 79.9. The maximum Gasteiger partial charge on any atom is 0.266 e. The van der Waals surface area contributed by atoms with E-state index < -0.39 is 15.8 Å². The molecule has 1 heterocycles. The molecule has 1 aliphatic carbocycles. The number of benzene rings is 1. The monoisotopic (exact) mass is 447 g/mol. The standard InChI is InChI=1S/C16H19BrClN3O3S/c1-10-19-15(9-21(10)8-11-4-2-3-5-11)20-25(23,24)14-7-12(17)6-13(18)16(14)22/h6-7,9,11,20,22H,2-5,8H2,1H3. The number of hydrogen-bond acceptors (Lipinski definition) is 4. The van der Waals surface area contributed by atoms with Crippen molar-refractivity contribution in [3.8, 4) is 5.75 Å². The molecule has 1 fully saturated rings. The highest BCUT2D eigenvalue weighted by molar-refractivity contribution is 9.10. The molecule has 2 aromatic rings. The molecule has 1 aromatic carbocycles. The Kier molecular flexibility index (Phi) is 5.31. The van der Waals surface area contributed by atoms with Crippen LogP contribution in [0.3, 0.4) is 0 Å². The van der Waals surface area contributed by atoms with Gasteiger partial charge in [0, 0.05) is 17.2 Å². The number of nitrogens with one attached hydrogen (secondary N) is 1. The summed E-state index contributed by atoms with van der Waals surface area (Å²) in [6.07, 6.45) is 6.59. The van der Waals surface area contributed by atoms with Gasteiger partial charge in [0.25, 0.3) is 10.0 Å². The Hall–Kier alpha value is -1.25. The third kappa shape index (κ3) is 4.12. The summed E-state index contributed by atoms with van der Waals surface area (Å²) in [5, 5.41) is 9.94.